The molecular weight excluding hydrogens is 397 g/mol. The van der Waals surface area contributed by atoms with Gasteiger partial charge < -0.3 is 16.5 Å². The molecule has 0 saturated heterocycles. The molecule has 150 valence electrons. The Bertz CT molecular complexity index is 1130. The predicted octanol–water partition coefficient (Wildman–Crippen LogP) is 1.21. The van der Waals surface area contributed by atoms with Crippen molar-refractivity contribution in [2.75, 3.05) is 6.54 Å². The molecule has 0 aliphatic rings. The van der Waals surface area contributed by atoms with Gasteiger partial charge in [-0.3, -0.25) is 4.79 Å². The summed E-state index contributed by atoms with van der Waals surface area (Å²) >= 11 is 1.05. The third kappa shape index (κ3) is 4.63. The lowest BCUT2D eigenvalue weighted by molar-refractivity contribution is 0.0960. The van der Waals surface area contributed by atoms with Crippen LogP contribution in [0.2, 0.25) is 0 Å². The van der Waals surface area contributed by atoms with E-state index < -0.39 is 5.69 Å². The number of thiazole rings is 1. The van der Waals surface area contributed by atoms with Crippen molar-refractivity contribution in [1.29, 1.82) is 5.41 Å². The van der Waals surface area contributed by atoms with Gasteiger partial charge in [0.25, 0.3) is 5.91 Å². The number of rotatable bonds is 7. The minimum atomic E-state index is -0.423. The van der Waals surface area contributed by atoms with Gasteiger partial charge in [-0.15, -0.1) is 0 Å². The van der Waals surface area contributed by atoms with Crippen molar-refractivity contribution in [1.82, 2.24) is 24.6 Å². The van der Waals surface area contributed by atoms with Crippen LogP contribution in [0.3, 0.4) is 0 Å². The smallest absolute Gasteiger partial charge is 0.352 e. The Morgan fingerprint density at radius 2 is 2.10 bits per heavy atom. The fourth-order valence-corrected chi connectivity index (χ4v) is 3.41. The van der Waals surface area contributed by atoms with Crippen molar-refractivity contribution in [3.05, 3.63) is 74.8 Å². The molecule has 29 heavy (non-hydrogen) atoms. The number of benzene rings is 1. The van der Waals surface area contributed by atoms with Gasteiger partial charge in [0.1, 0.15) is 17.0 Å². The summed E-state index contributed by atoms with van der Waals surface area (Å²) in [5, 5.41) is 14.0. The van der Waals surface area contributed by atoms with Crippen LogP contribution in [0, 0.1) is 18.2 Å². The lowest BCUT2D eigenvalue weighted by Crippen LogP contribution is -2.27. The van der Waals surface area contributed by atoms with E-state index in [2.05, 4.69) is 15.4 Å². The molecule has 0 bridgehead atoms. The minimum absolute atomic E-state index is 0.0937. The second-order valence-corrected chi connectivity index (χ2v) is 7.05. The molecular formula is C18H18FN7O2S. The first-order valence-corrected chi connectivity index (χ1v) is 9.30. The third-order valence-corrected chi connectivity index (χ3v) is 5.08. The Labute approximate surface area is 168 Å². The maximum atomic E-state index is 13.0. The average Bonchev–Trinajstić information content (AvgIpc) is 3.25. The number of aryl methyl sites for hydroxylation is 1. The molecule has 11 heteroatoms. The zero-order chi connectivity index (χ0) is 21.0. The predicted molar refractivity (Wildman–Crippen MR) is 107 cm³/mol. The van der Waals surface area contributed by atoms with Gasteiger partial charge in [0.05, 0.1) is 18.8 Å². The SMILES string of the molecule is Cc1nc(-n2cnn(Cc3ccc(F)cc3)c2=O)sc1C(=O)NC/C(N)=C/C=N. The van der Waals surface area contributed by atoms with Gasteiger partial charge in [-0.2, -0.15) is 5.10 Å². The lowest BCUT2D eigenvalue weighted by Gasteiger charge is -2.03. The molecule has 0 saturated carbocycles. The number of hydrogen-bond donors (Lipinski definition) is 3. The van der Waals surface area contributed by atoms with Gasteiger partial charge in [0, 0.05) is 11.9 Å². The van der Waals surface area contributed by atoms with E-state index in [4.69, 9.17) is 11.1 Å². The number of hydrogen-bond acceptors (Lipinski definition) is 7. The molecule has 0 fully saturated rings. The van der Waals surface area contributed by atoms with Crippen LogP contribution in [-0.2, 0) is 6.54 Å². The molecule has 0 aliphatic heterocycles. The monoisotopic (exact) mass is 415 g/mol. The number of carbonyl (C=O) groups is 1. The Morgan fingerprint density at radius 1 is 1.38 bits per heavy atom. The number of nitrogens with one attached hydrogen (secondary N) is 2. The largest absolute Gasteiger partial charge is 0.401 e. The first-order valence-electron chi connectivity index (χ1n) is 8.49. The van der Waals surface area contributed by atoms with Crippen molar-refractivity contribution < 1.29 is 9.18 Å². The highest BCUT2D eigenvalue weighted by molar-refractivity contribution is 7.16. The van der Waals surface area contributed by atoms with Gasteiger partial charge in [-0.05, 0) is 30.7 Å². The molecule has 3 aromatic rings. The molecule has 4 N–H and O–H groups in total. The highest BCUT2D eigenvalue weighted by atomic mass is 32.1. The average molecular weight is 415 g/mol. The van der Waals surface area contributed by atoms with Crippen LogP contribution in [-0.4, -0.2) is 38.0 Å². The number of halogens is 1. The van der Waals surface area contributed by atoms with E-state index in [1.54, 1.807) is 19.1 Å². The Balaban J connectivity index is 1.79. The van der Waals surface area contributed by atoms with Crippen LogP contribution in [0.15, 0.2) is 47.2 Å². The number of allylic oxidation sites excluding steroid dienone is 1. The summed E-state index contributed by atoms with van der Waals surface area (Å²) in [5.41, 5.74) is 6.76. The molecule has 0 aliphatic carbocycles. The Kier molecular flexibility index (Phi) is 5.98. The maximum absolute atomic E-state index is 13.0. The number of carbonyl (C=O) groups excluding carboxylic acids is 1. The molecule has 9 nitrogen and oxygen atoms in total. The number of amides is 1. The van der Waals surface area contributed by atoms with Crippen molar-refractivity contribution in [2.45, 2.75) is 13.5 Å². The van der Waals surface area contributed by atoms with Gasteiger partial charge >= 0.3 is 5.69 Å². The van der Waals surface area contributed by atoms with Crippen molar-refractivity contribution in [3.63, 3.8) is 0 Å². The molecule has 1 aromatic carbocycles. The molecule has 3 rings (SSSR count). The van der Waals surface area contributed by atoms with E-state index in [9.17, 15) is 14.0 Å². The van der Waals surface area contributed by atoms with E-state index in [1.165, 1.54) is 33.8 Å². The quantitative estimate of drug-likeness (QED) is 0.499. The van der Waals surface area contributed by atoms with Gasteiger partial charge in [0.2, 0.25) is 0 Å². The summed E-state index contributed by atoms with van der Waals surface area (Å²) in [6.07, 6.45) is 3.74. The summed E-state index contributed by atoms with van der Waals surface area (Å²) in [4.78, 5) is 29.6. The first-order chi connectivity index (χ1) is 13.9. The molecule has 0 radical (unpaired) electrons. The molecule has 1 amide bonds. The maximum Gasteiger partial charge on any atom is 0.352 e. The van der Waals surface area contributed by atoms with Crippen molar-refractivity contribution in [3.8, 4) is 5.13 Å². The minimum Gasteiger partial charge on any atom is -0.401 e. The first kappa shape index (κ1) is 20.1. The second kappa shape index (κ2) is 8.61. The third-order valence-electron chi connectivity index (χ3n) is 3.93. The molecule has 2 aromatic heterocycles. The summed E-state index contributed by atoms with van der Waals surface area (Å²) in [7, 11) is 0. The molecule has 2 heterocycles. The van der Waals surface area contributed by atoms with E-state index in [1.807, 2.05) is 0 Å². The summed E-state index contributed by atoms with van der Waals surface area (Å²) in [6, 6.07) is 5.79. The van der Waals surface area contributed by atoms with Gasteiger partial charge in [-0.1, -0.05) is 23.5 Å². The Hall–Kier alpha value is -3.60. The van der Waals surface area contributed by atoms with Gasteiger partial charge in [0.15, 0.2) is 5.13 Å². The fraction of sp³-hybridized carbons (Fsp3) is 0.167. The molecule has 0 spiro atoms. The topological polar surface area (TPSA) is 132 Å². The molecule has 0 unspecified atom stereocenters. The lowest BCUT2D eigenvalue weighted by atomic mass is 10.2. The highest BCUT2D eigenvalue weighted by Gasteiger charge is 2.18. The van der Waals surface area contributed by atoms with Crippen LogP contribution in [0.5, 0.6) is 0 Å². The van der Waals surface area contributed by atoms with Crippen LogP contribution >= 0.6 is 11.3 Å². The summed E-state index contributed by atoms with van der Waals surface area (Å²) in [5.74, 6) is -0.731. The standard InChI is InChI=1S/C18H18FN7O2S/c1-11-15(16(27)22-8-14(21)6-7-20)29-17(24-11)25-10-23-26(18(25)28)9-12-2-4-13(19)5-3-12/h2-7,10,20H,8-9,21H2,1H3,(H,22,27)/b14-6-,20-7?. The van der Waals surface area contributed by atoms with Crippen LogP contribution in [0.4, 0.5) is 4.39 Å². The fourth-order valence-electron chi connectivity index (χ4n) is 2.46. The number of nitrogens with zero attached hydrogens (tertiary/aromatic N) is 4. The second-order valence-electron chi connectivity index (χ2n) is 6.07. The van der Waals surface area contributed by atoms with Crippen LogP contribution < -0.4 is 16.7 Å². The van der Waals surface area contributed by atoms with Gasteiger partial charge in [-0.25, -0.2) is 23.4 Å². The van der Waals surface area contributed by atoms with E-state index in [-0.39, 0.29) is 24.8 Å². The van der Waals surface area contributed by atoms with Crippen LogP contribution in [0.1, 0.15) is 20.9 Å². The van der Waals surface area contributed by atoms with E-state index >= 15 is 0 Å². The normalized spacial score (nSPS) is 11.4. The van der Waals surface area contributed by atoms with E-state index in [0.29, 0.717) is 21.4 Å². The Morgan fingerprint density at radius 3 is 2.79 bits per heavy atom. The molecule has 0 atom stereocenters. The number of aromatic nitrogens is 4. The van der Waals surface area contributed by atoms with E-state index in [0.717, 1.165) is 23.1 Å². The highest BCUT2D eigenvalue weighted by Crippen LogP contribution is 2.20. The van der Waals surface area contributed by atoms with Crippen molar-refractivity contribution >= 4 is 23.5 Å². The summed E-state index contributed by atoms with van der Waals surface area (Å²) in [6.45, 7) is 1.94. The van der Waals surface area contributed by atoms with Crippen LogP contribution in [0.25, 0.3) is 5.13 Å². The summed E-state index contributed by atoms with van der Waals surface area (Å²) < 4.78 is 15.5. The number of nitrogens with two attached hydrogens (primary N) is 1. The zero-order valence-electron chi connectivity index (χ0n) is 15.4. The van der Waals surface area contributed by atoms with Crippen molar-refractivity contribution in [2.24, 2.45) is 5.73 Å². The zero-order valence-corrected chi connectivity index (χ0v) is 16.2.